The molecule has 2 atom stereocenters. The summed E-state index contributed by atoms with van der Waals surface area (Å²) in [5, 5.41) is 3.29. The molecule has 0 saturated carbocycles. The predicted octanol–water partition coefficient (Wildman–Crippen LogP) is 0.224. The summed E-state index contributed by atoms with van der Waals surface area (Å²) in [6.45, 7) is 7.89. The molecule has 2 saturated heterocycles. The van der Waals surface area contributed by atoms with Crippen molar-refractivity contribution in [2.75, 3.05) is 39.4 Å². The molecule has 0 radical (unpaired) electrons. The number of rotatable bonds is 5. The molecule has 0 bridgehead atoms. The number of ether oxygens (including phenoxy) is 1. The van der Waals surface area contributed by atoms with E-state index in [0.717, 1.165) is 25.8 Å². The van der Waals surface area contributed by atoms with E-state index in [4.69, 9.17) is 4.74 Å². The molecule has 2 unspecified atom stereocenters. The Labute approximate surface area is 126 Å². The van der Waals surface area contributed by atoms with Crippen LogP contribution in [0.25, 0.3) is 0 Å². The SMILES string of the molecule is CCCNC1CCCN(C(C)C(=O)N2CCOCC2)C1=O. The number of nitrogens with zero attached hydrogens (tertiary/aromatic N) is 2. The van der Waals surface area contributed by atoms with Crippen LogP contribution in [0.4, 0.5) is 0 Å². The Morgan fingerprint density at radius 2 is 2.10 bits per heavy atom. The first kappa shape index (κ1) is 16.2. The normalized spacial score (nSPS) is 25.0. The first-order valence-electron chi connectivity index (χ1n) is 8.05. The van der Waals surface area contributed by atoms with Crippen molar-refractivity contribution in [1.82, 2.24) is 15.1 Å². The lowest BCUT2D eigenvalue weighted by Gasteiger charge is -2.38. The number of carbonyl (C=O) groups excluding carboxylic acids is 2. The molecule has 6 heteroatoms. The molecule has 2 heterocycles. The topological polar surface area (TPSA) is 61.9 Å². The minimum absolute atomic E-state index is 0.0443. The quantitative estimate of drug-likeness (QED) is 0.789. The highest BCUT2D eigenvalue weighted by Gasteiger charge is 2.35. The van der Waals surface area contributed by atoms with E-state index in [1.165, 1.54) is 0 Å². The number of nitrogens with one attached hydrogen (secondary N) is 1. The van der Waals surface area contributed by atoms with Crippen molar-refractivity contribution in [3.8, 4) is 0 Å². The second kappa shape index (κ2) is 7.75. The second-order valence-corrected chi connectivity index (χ2v) is 5.79. The number of likely N-dealkylation sites (tertiary alicyclic amines) is 1. The largest absolute Gasteiger partial charge is 0.378 e. The van der Waals surface area contributed by atoms with Gasteiger partial charge in [0.05, 0.1) is 19.3 Å². The molecule has 6 nitrogen and oxygen atoms in total. The molecule has 0 aliphatic carbocycles. The van der Waals surface area contributed by atoms with Gasteiger partial charge in [-0.15, -0.1) is 0 Å². The molecule has 120 valence electrons. The minimum atomic E-state index is -0.373. The van der Waals surface area contributed by atoms with Crippen LogP contribution in [0.3, 0.4) is 0 Å². The summed E-state index contributed by atoms with van der Waals surface area (Å²) in [6.07, 6.45) is 2.83. The van der Waals surface area contributed by atoms with Gasteiger partial charge in [0.25, 0.3) is 0 Å². The maximum atomic E-state index is 12.5. The number of hydrogen-bond acceptors (Lipinski definition) is 4. The Bertz CT molecular complexity index is 369. The lowest BCUT2D eigenvalue weighted by Crippen LogP contribution is -2.58. The van der Waals surface area contributed by atoms with Crippen LogP contribution in [-0.4, -0.2) is 73.1 Å². The molecule has 2 amide bonds. The zero-order valence-electron chi connectivity index (χ0n) is 13.1. The van der Waals surface area contributed by atoms with Gasteiger partial charge in [-0.25, -0.2) is 0 Å². The number of amides is 2. The lowest BCUT2D eigenvalue weighted by atomic mass is 10.0. The van der Waals surface area contributed by atoms with Crippen LogP contribution in [0.1, 0.15) is 33.1 Å². The van der Waals surface area contributed by atoms with Crippen LogP contribution < -0.4 is 5.32 Å². The Morgan fingerprint density at radius 3 is 2.76 bits per heavy atom. The van der Waals surface area contributed by atoms with E-state index in [0.29, 0.717) is 32.8 Å². The molecular weight excluding hydrogens is 270 g/mol. The Balaban J connectivity index is 1.95. The molecule has 0 aromatic carbocycles. The van der Waals surface area contributed by atoms with Crippen molar-refractivity contribution >= 4 is 11.8 Å². The fraction of sp³-hybridized carbons (Fsp3) is 0.867. The van der Waals surface area contributed by atoms with E-state index in [1.807, 2.05) is 11.8 Å². The third-order valence-corrected chi connectivity index (χ3v) is 4.26. The summed E-state index contributed by atoms with van der Waals surface area (Å²) in [6, 6.07) is -0.500. The van der Waals surface area contributed by atoms with E-state index in [1.54, 1.807) is 4.90 Å². The van der Waals surface area contributed by atoms with Gasteiger partial charge in [-0.05, 0) is 32.7 Å². The lowest BCUT2D eigenvalue weighted by molar-refractivity contribution is -0.150. The number of piperidine rings is 1. The zero-order valence-corrected chi connectivity index (χ0v) is 13.1. The number of morpholine rings is 1. The summed E-state index contributed by atoms with van der Waals surface area (Å²) in [5.74, 6) is 0.117. The first-order chi connectivity index (χ1) is 10.1. The highest BCUT2D eigenvalue weighted by Crippen LogP contribution is 2.16. The molecule has 0 spiro atoms. The van der Waals surface area contributed by atoms with Gasteiger partial charge < -0.3 is 19.9 Å². The van der Waals surface area contributed by atoms with E-state index >= 15 is 0 Å². The average molecular weight is 297 g/mol. The maximum absolute atomic E-state index is 12.5. The highest BCUT2D eigenvalue weighted by atomic mass is 16.5. The van der Waals surface area contributed by atoms with Crippen LogP contribution >= 0.6 is 0 Å². The summed E-state index contributed by atoms with van der Waals surface area (Å²) >= 11 is 0. The van der Waals surface area contributed by atoms with Crippen molar-refractivity contribution in [3.63, 3.8) is 0 Å². The van der Waals surface area contributed by atoms with Gasteiger partial charge >= 0.3 is 0 Å². The van der Waals surface area contributed by atoms with Crippen LogP contribution in [0, 0.1) is 0 Å². The summed E-state index contributed by atoms with van der Waals surface area (Å²) < 4.78 is 5.27. The first-order valence-corrected chi connectivity index (χ1v) is 8.05. The molecule has 2 rings (SSSR count). The zero-order chi connectivity index (χ0) is 15.2. The van der Waals surface area contributed by atoms with Crippen LogP contribution in [0.15, 0.2) is 0 Å². The summed E-state index contributed by atoms with van der Waals surface area (Å²) in [4.78, 5) is 28.6. The van der Waals surface area contributed by atoms with E-state index in [-0.39, 0.29) is 23.9 Å². The van der Waals surface area contributed by atoms with Gasteiger partial charge in [-0.2, -0.15) is 0 Å². The van der Waals surface area contributed by atoms with E-state index < -0.39 is 0 Å². The molecular formula is C15H27N3O3. The Morgan fingerprint density at radius 1 is 1.38 bits per heavy atom. The van der Waals surface area contributed by atoms with Crippen LogP contribution in [0.2, 0.25) is 0 Å². The Hall–Kier alpha value is -1.14. The number of carbonyl (C=O) groups is 2. The average Bonchev–Trinajstić information content (AvgIpc) is 2.53. The molecule has 0 aromatic heterocycles. The maximum Gasteiger partial charge on any atom is 0.245 e. The van der Waals surface area contributed by atoms with Crippen molar-refractivity contribution < 1.29 is 14.3 Å². The number of hydrogen-bond donors (Lipinski definition) is 1. The molecule has 1 N–H and O–H groups in total. The van der Waals surface area contributed by atoms with Gasteiger partial charge in [-0.1, -0.05) is 6.92 Å². The van der Waals surface area contributed by atoms with Gasteiger partial charge in [-0.3, -0.25) is 9.59 Å². The third-order valence-electron chi connectivity index (χ3n) is 4.26. The van der Waals surface area contributed by atoms with Crippen LogP contribution in [-0.2, 0) is 14.3 Å². The standard InChI is InChI=1S/C15H27N3O3/c1-3-6-16-13-5-4-7-18(15(13)20)12(2)14(19)17-8-10-21-11-9-17/h12-13,16H,3-11H2,1-2H3. The van der Waals surface area contributed by atoms with Gasteiger partial charge in [0, 0.05) is 19.6 Å². The smallest absolute Gasteiger partial charge is 0.245 e. The third kappa shape index (κ3) is 3.95. The van der Waals surface area contributed by atoms with Crippen molar-refractivity contribution in [2.45, 2.75) is 45.2 Å². The second-order valence-electron chi connectivity index (χ2n) is 5.79. The van der Waals surface area contributed by atoms with Gasteiger partial charge in [0.15, 0.2) is 0 Å². The van der Waals surface area contributed by atoms with Gasteiger partial charge in [0.2, 0.25) is 11.8 Å². The highest BCUT2D eigenvalue weighted by molar-refractivity contribution is 5.90. The fourth-order valence-corrected chi connectivity index (χ4v) is 2.97. The van der Waals surface area contributed by atoms with Crippen LogP contribution in [0.5, 0.6) is 0 Å². The van der Waals surface area contributed by atoms with E-state index in [9.17, 15) is 9.59 Å². The van der Waals surface area contributed by atoms with Crippen molar-refractivity contribution in [1.29, 1.82) is 0 Å². The van der Waals surface area contributed by atoms with E-state index in [2.05, 4.69) is 12.2 Å². The summed E-state index contributed by atoms with van der Waals surface area (Å²) in [5.41, 5.74) is 0. The Kier molecular flexibility index (Phi) is 5.99. The molecule has 2 aliphatic heterocycles. The van der Waals surface area contributed by atoms with Crippen molar-refractivity contribution in [2.24, 2.45) is 0 Å². The molecule has 0 aromatic rings. The minimum Gasteiger partial charge on any atom is -0.378 e. The molecule has 21 heavy (non-hydrogen) atoms. The molecule has 2 fully saturated rings. The summed E-state index contributed by atoms with van der Waals surface area (Å²) in [7, 11) is 0. The van der Waals surface area contributed by atoms with Crippen molar-refractivity contribution in [3.05, 3.63) is 0 Å². The fourth-order valence-electron chi connectivity index (χ4n) is 2.97. The monoisotopic (exact) mass is 297 g/mol. The molecule has 2 aliphatic rings. The predicted molar refractivity (Wildman–Crippen MR) is 79.9 cm³/mol. The van der Waals surface area contributed by atoms with Gasteiger partial charge in [0.1, 0.15) is 6.04 Å².